The molecule has 0 atom stereocenters. The Morgan fingerprint density at radius 2 is 1.78 bits per heavy atom. The molecule has 0 saturated heterocycles. The lowest BCUT2D eigenvalue weighted by atomic mass is 10.1. The number of hydrogen-bond donors (Lipinski definition) is 1. The zero-order valence-corrected chi connectivity index (χ0v) is 15.5. The third-order valence-electron chi connectivity index (χ3n) is 4.12. The molecule has 1 aromatic heterocycles. The molecule has 27 heavy (non-hydrogen) atoms. The average molecular weight is 363 g/mol. The van der Waals surface area contributed by atoms with Crippen molar-refractivity contribution in [3.63, 3.8) is 0 Å². The first-order valence-electron chi connectivity index (χ1n) is 8.71. The largest absolute Gasteiger partial charge is 0.462 e. The number of aryl methyl sites for hydroxylation is 1. The van der Waals surface area contributed by atoms with Crippen LogP contribution in [0.25, 0.3) is 5.69 Å². The number of esters is 1. The number of nitrogens with zero attached hydrogens (tertiary/aromatic N) is 2. The van der Waals surface area contributed by atoms with Gasteiger partial charge >= 0.3 is 5.97 Å². The highest BCUT2D eigenvalue weighted by Gasteiger charge is 2.15. The van der Waals surface area contributed by atoms with E-state index in [0.29, 0.717) is 29.1 Å². The fourth-order valence-corrected chi connectivity index (χ4v) is 2.87. The Bertz CT molecular complexity index is 1030. The second kappa shape index (κ2) is 7.86. The third-order valence-corrected chi connectivity index (χ3v) is 4.12. The van der Waals surface area contributed by atoms with E-state index in [1.165, 1.54) is 4.68 Å². The van der Waals surface area contributed by atoms with Crippen LogP contribution in [-0.2, 0) is 4.74 Å². The number of aliphatic imine (C=N–C) groups is 1. The number of H-pyrrole nitrogens is 1. The van der Waals surface area contributed by atoms with Gasteiger partial charge in [-0.3, -0.25) is 14.9 Å². The number of carbonyl (C=O) groups is 1. The van der Waals surface area contributed by atoms with E-state index in [4.69, 9.17) is 4.74 Å². The number of carbonyl (C=O) groups excluding carboxylic acids is 1. The molecule has 1 N–H and O–H groups in total. The van der Waals surface area contributed by atoms with Gasteiger partial charge in [0.25, 0.3) is 5.56 Å². The minimum absolute atomic E-state index is 0.150. The van der Waals surface area contributed by atoms with E-state index in [-0.39, 0.29) is 11.5 Å². The van der Waals surface area contributed by atoms with Crippen molar-refractivity contribution in [3.8, 4) is 5.69 Å². The summed E-state index contributed by atoms with van der Waals surface area (Å²) in [6, 6.07) is 16.2. The van der Waals surface area contributed by atoms with Gasteiger partial charge in [-0.05, 0) is 57.2 Å². The van der Waals surface area contributed by atoms with E-state index in [2.05, 4.69) is 10.1 Å². The molecule has 0 saturated carbocycles. The summed E-state index contributed by atoms with van der Waals surface area (Å²) < 4.78 is 6.48. The van der Waals surface area contributed by atoms with Crippen molar-refractivity contribution in [2.75, 3.05) is 6.61 Å². The molecule has 2 aromatic carbocycles. The number of hydrogen-bond acceptors (Lipinski definition) is 4. The van der Waals surface area contributed by atoms with Gasteiger partial charge in [0.1, 0.15) is 0 Å². The number of ether oxygens (including phenoxy) is 1. The van der Waals surface area contributed by atoms with Gasteiger partial charge in [0, 0.05) is 5.69 Å². The van der Waals surface area contributed by atoms with Crippen LogP contribution < -0.4 is 5.56 Å². The summed E-state index contributed by atoms with van der Waals surface area (Å²) >= 11 is 0. The highest BCUT2D eigenvalue weighted by Crippen LogP contribution is 2.16. The van der Waals surface area contributed by atoms with Crippen LogP contribution in [0.1, 0.15) is 35.5 Å². The molecule has 0 amide bonds. The number of nitrogens with one attached hydrogen (secondary N) is 1. The van der Waals surface area contributed by atoms with Crippen LogP contribution >= 0.6 is 0 Å². The van der Waals surface area contributed by atoms with Crippen LogP contribution in [0.4, 0.5) is 5.69 Å². The maximum absolute atomic E-state index is 12.8. The first-order chi connectivity index (χ1) is 13.0. The predicted molar refractivity (Wildman–Crippen MR) is 105 cm³/mol. The molecule has 1 heterocycles. The van der Waals surface area contributed by atoms with Crippen LogP contribution in [0.2, 0.25) is 0 Å². The Morgan fingerprint density at radius 1 is 1.11 bits per heavy atom. The summed E-state index contributed by atoms with van der Waals surface area (Å²) in [7, 11) is 0. The quantitative estimate of drug-likeness (QED) is 0.553. The van der Waals surface area contributed by atoms with Crippen molar-refractivity contribution in [1.29, 1.82) is 0 Å². The smallest absolute Gasteiger partial charge is 0.338 e. The van der Waals surface area contributed by atoms with Gasteiger partial charge in [-0.1, -0.05) is 18.2 Å². The molecule has 0 radical (unpaired) electrons. The number of para-hydroxylation sites is 1. The van der Waals surface area contributed by atoms with Crippen molar-refractivity contribution in [1.82, 2.24) is 9.78 Å². The van der Waals surface area contributed by atoms with Crippen molar-refractivity contribution in [3.05, 3.63) is 81.8 Å². The topological polar surface area (TPSA) is 76.4 Å². The molecule has 6 heteroatoms. The average Bonchev–Trinajstić information content (AvgIpc) is 2.97. The van der Waals surface area contributed by atoms with Crippen molar-refractivity contribution >= 4 is 17.4 Å². The summed E-state index contributed by atoms with van der Waals surface area (Å²) in [6.45, 7) is 5.74. The van der Waals surface area contributed by atoms with E-state index < -0.39 is 0 Å². The van der Waals surface area contributed by atoms with E-state index in [9.17, 15) is 9.59 Å². The van der Waals surface area contributed by atoms with Gasteiger partial charge in [0.2, 0.25) is 0 Å². The summed E-state index contributed by atoms with van der Waals surface area (Å²) in [5, 5.41) is 3.10. The number of aromatic nitrogens is 2. The summed E-state index contributed by atoms with van der Waals surface area (Å²) in [5.74, 6) is -0.364. The van der Waals surface area contributed by atoms with Crippen molar-refractivity contribution in [2.45, 2.75) is 20.8 Å². The second-order valence-electron chi connectivity index (χ2n) is 6.05. The molecule has 0 aliphatic rings. The highest BCUT2D eigenvalue weighted by atomic mass is 16.5. The minimum Gasteiger partial charge on any atom is -0.462 e. The van der Waals surface area contributed by atoms with Crippen LogP contribution in [-0.4, -0.2) is 28.1 Å². The van der Waals surface area contributed by atoms with Crippen LogP contribution in [0, 0.1) is 6.92 Å². The molecule has 138 valence electrons. The molecule has 0 fully saturated rings. The fourth-order valence-electron chi connectivity index (χ4n) is 2.87. The van der Waals surface area contributed by atoms with Gasteiger partial charge in [0.05, 0.1) is 34.8 Å². The lowest BCUT2D eigenvalue weighted by molar-refractivity contribution is 0.0526. The SMILES string of the molecule is CCOC(=O)c1ccc(N=C(C)c2c(C)[nH]n(-c3ccccc3)c2=O)cc1. The molecule has 0 unspecified atom stereocenters. The molecule has 0 aliphatic heterocycles. The van der Waals surface area contributed by atoms with E-state index >= 15 is 0 Å². The zero-order valence-electron chi connectivity index (χ0n) is 15.5. The second-order valence-corrected chi connectivity index (χ2v) is 6.05. The zero-order chi connectivity index (χ0) is 19.4. The Kier molecular flexibility index (Phi) is 5.35. The first kappa shape index (κ1) is 18.4. The van der Waals surface area contributed by atoms with Gasteiger partial charge in [-0.2, -0.15) is 0 Å². The molecule has 3 aromatic rings. The first-order valence-corrected chi connectivity index (χ1v) is 8.71. The molecule has 6 nitrogen and oxygen atoms in total. The molecule has 0 bridgehead atoms. The molecule has 0 aliphatic carbocycles. The van der Waals surface area contributed by atoms with Gasteiger partial charge in [0.15, 0.2) is 0 Å². The highest BCUT2D eigenvalue weighted by molar-refractivity contribution is 6.01. The fraction of sp³-hybridized carbons (Fsp3) is 0.190. The molecular weight excluding hydrogens is 342 g/mol. The maximum atomic E-state index is 12.8. The van der Waals surface area contributed by atoms with Crippen molar-refractivity contribution in [2.24, 2.45) is 4.99 Å². The Balaban J connectivity index is 1.92. The third kappa shape index (κ3) is 3.89. The van der Waals surface area contributed by atoms with Crippen LogP contribution in [0.15, 0.2) is 64.4 Å². The van der Waals surface area contributed by atoms with Crippen molar-refractivity contribution < 1.29 is 9.53 Å². The van der Waals surface area contributed by atoms with Crippen LogP contribution in [0.5, 0.6) is 0 Å². The number of rotatable bonds is 5. The van der Waals surface area contributed by atoms with E-state index in [1.54, 1.807) is 38.1 Å². The predicted octanol–water partition coefficient (Wildman–Crippen LogP) is 3.79. The number of benzene rings is 2. The van der Waals surface area contributed by atoms with Gasteiger partial charge in [-0.15, -0.1) is 0 Å². The summed E-state index contributed by atoms with van der Waals surface area (Å²) in [5.41, 5.74) is 3.63. The lowest BCUT2D eigenvalue weighted by Gasteiger charge is -2.02. The van der Waals surface area contributed by atoms with Gasteiger partial charge in [-0.25, -0.2) is 9.48 Å². The molecular formula is C21H21N3O3. The Hall–Kier alpha value is -3.41. The lowest BCUT2D eigenvalue weighted by Crippen LogP contribution is -2.19. The molecule has 3 rings (SSSR count). The van der Waals surface area contributed by atoms with E-state index in [1.807, 2.05) is 37.3 Å². The monoisotopic (exact) mass is 363 g/mol. The normalized spacial score (nSPS) is 11.4. The van der Waals surface area contributed by atoms with Gasteiger partial charge < -0.3 is 4.74 Å². The summed E-state index contributed by atoms with van der Waals surface area (Å²) in [6.07, 6.45) is 0. The Labute approximate surface area is 157 Å². The summed E-state index contributed by atoms with van der Waals surface area (Å²) in [4.78, 5) is 29.1. The van der Waals surface area contributed by atoms with Crippen LogP contribution in [0.3, 0.4) is 0 Å². The Morgan fingerprint density at radius 3 is 2.41 bits per heavy atom. The maximum Gasteiger partial charge on any atom is 0.338 e. The minimum atomic E-state index is -0.364. The number of aromatic amines is 1. The standard InChI is InChI=1S/C21H21N3O3/c1-4-27-21(26)16-10-12-17(13-11-16)22-14(2)19-15(3)23-24(20(19)25)18-8-6-5-7-9-18/h5-13,23H,4H2,1-3H3. The molecule has 0 spiro atoms. The van der Waals surface area contributed by atoms with E-state index in [0.717, 1.165) is 11.4 Å².